The summed E-state index contributed by atoms with van der Waals surface area (Å²) in [5.74, 6) is 2.24. The second kappa shape index (κ2) is 7.06. The van der Waals surface area contributed by atoms with Gasteiger partial charge in [-0.1, -0.05) is 5.16 Å². The third kappa shape index (κ3) is 4.06. The third-order valence-corrected chi connectivity index (χ3v) is 4.57. The molecule has 1 saturated carbocycles. The first-order chi connectivity index (χ1) is 10.6. The first-order valence-electron chi connectivity index (χ1n) is 8.55. The molecule has 1 aromatic heterocycles. The average Bonchev–Trinajstić information content (AvgIpc) is 3.24. The van der Waals surface area contributed by atoms with E-state index in [1.165, 1.54) is 12.8 Å². The van der Waals surface area contributed by atoms with Gasteiger partial charge in [0.05, 0.1) is 18.8 Å². The number of hydrogen-bond donors (Lipinski definition) is 0. The second-order valence-electron chi connectivity index (χ2n) is 6.74. The normalized spacial score (nSPS) is 22.4. The number of aromatic nitrogens is 2. The maximum Gasteiger partial charge on any atom is 0.243 e. The molecule has 1 aromatic rings. The smallest absolute Gasteiger partial charge is 0.243 e. The van der Waals surface area contributed by atoms with Crippen LogP contribution >= 0.6 is 0 Å². The fraction of sp³-hybridized carbons (Fsp3) is 0.875. The van der Waals surface area contributed by atoms with Gasteiger partial charge in [0.2, 0.25) is 5.89 Å². The lowest BCUT2D eigenvalue weighted by atomic mass is 10.2. The van der Waals surface area contributed by atoms with Gasteiger partial charge < -0.3 is 9.26 Å². The van der Waals surface area contributed by atoms with Gasteiger partial charge in [-0.2, -0.15) is 4.98 Å². The van der Waals surface area contributed by atoms with Gasteiger partial charge in [-0.3, -0.25) is 9.80 Å². The summed E-state index contributed by atoms with van der Waals surface area (Å²) in [6, 6.07) is 0.217. The summed E-state index contributed by atoms with van der Waals surface area (Å²) in [5.41, 5.74) is 0. The van der Waals surface area contributed by atoms with Crippen LogP contribution in [0.2, 0.25) is 0 Å². The van der Waals surface area contributed by atoms with Gasteiger partial charge in [0.15, 0.2) is 5.82 Å². The summed E-state index contributed by atoms with van der Waals surface area (Å²) in [6.45, 7) is 12.4. The van der Waals surface area contributed by atoms with E-state index >= 15 is 0 Å². The second-order valence-corrected chi connectivity index (χ2v) is 6.74. The highest BCUT2D eigenvalue weighted by Gasteiger charge is 2.31. The molecule has 124 valence electrons. The molecule has 2 aliphatic rings. The minimum atomic E-state index is 0.217. The van der Waals surface area contributed by atoms with Crippen molar-refractivity contribution in [3.8, 4) is 0 Å². The van der Waals surface area contributed by atoms with Crippen LogP contribution in [-0.4, -0.2) is 65.4 Å². The van der Waals surface area contributed by atoms with E-state index in [2.05, 4.69) is 40.7 Å². The van der Waals surface area contributed by atoms with Gasteiger partial charge in [0.1, 0.15) is 0 Å². The zero-order valence-corrected chi connectivity index (χ0v) is 14.0. The number of ether oxygens (including phenoxy) is 1. The molecule has 0 aromatic carbocycles. The summed E-state index contributed by atoms with van der Waals surface area (Å²) < 4.78 is 11.1. The molecule has 0 amide bonds. The van der Waals surface area contributed by atoms with Crippen LogP contribution < -0.4 is 0 Å². The van der Waals surface area contributed by atoms with Crippen molar-refractivity contribution in [2.24, 2.45) is 0 Å². The van der Waals surface area contributed by atoms with Crippen molar-refractivity contribution in [2.75, 3.05) is 39.3 Å². The fourth-order valence-electron chi connectivity index (χ4n) is 2.87. The third-order valence-electron chi connectivity index (χ3n) is 4.57. The van der Waals surface area contributed by atoms with Crippen LogP contribution in [0.4, 0.5) is 0 Å². The molecular formula is C16H28N4O2. The minimum Gasteiger partial charge on any atom is -0.377 e. The van der Waals surface area contributed by atoms with E-state index in [9.17, 15) is 0 Å². The molecule has 6 nitrogen and oxygen atoms in total. The SMILES string of the molecule is CC(C)OCCN1CCN([C@@H](C)c2nc(C3CC3)no2)CC1. The van der Waals surface area contributed by atoms with Crippen molar-refractivity contribution in [2.45, 2.75) is 51.7 Å². The van der Waals surface area contributed by atoms with Gasteiger partial charge in [-0.15, -0.1) is 0 Å². The number of rotatable bonds is 7. The van der Waals surface area contributed by atoms with Crippen LogP contribution in [0, 0.1) is 0 Å². The van der Waals surface area contributed by atoms with Crippen LogP contribution in [0.15, 0.2) is 4.52 Å². The minimum absolute atomic E-state index is 0.217. The largest absolute Gasteiger partial charge is 0.377 e. The average molecular weight is 308 g/mol. The molecule has 1 atom stereocenters. The quantitative estimate of drug-likeness (QED) is 0.768. The molecule has 0 bridgehead atoms. The Morgan fingerprint density at radius 2 is 1.91 bits per heavy atom. The highest BCUT2D eigenvalue weighted by Crippen LogP contribution is 2.38. The molecule has 2 fully saturated rings. The molecule has 0 radical (unpaired) electrons. The van der Waals surface area contributed by atoms with Crippen molar-refractivity contribution in [3.05, 3.63) is 11.7 Å². The van der Waals surface area contributed by atoms with Gasteiger partial charge in [-0.05, 0) is 33.6 Å². The van der Waals surface area contributed by atoms with Crippen LogP contribution in [-0.2, 0) is 4.74 Å². The molecule has 22 heavy (non-hydrogen) atoms. The molecule has 0 unspecified atom stereocenters. The molecule has 1 aliphatic heterocycles. The Hall–Kier alpha value is -0.980. The predicted molar refractivity (Wildman–Crippen MR) is 83.8 cm³/mol. The summed E-state index contributed by atoms with van der Waals surface area (Å²) in [6.07, 6.45) is 2.74. The standard InChI is InChI=1S/C16H28N4O2/c1-12(2)21-11-10-19-6-8-20(9-7-19)13(3)16-17-15(18-22-16)14-4-5-14/h12-14H,4-11H2,1-3H3/t13-/m0/s1. The Balaban J connectivity index is 1.43. The molecule has 0 N–H and O–H groups in total. The van der Waals surface area contributed by atoms with Gasteiger partial charge in [0, 0.05) is 38.6 Å². The fourth-order valence-corrected chi connectivity index (χ4v) is 2.87. The van der Waals surface area contributed by atoms with Crippen LogP contribution in [0.25, 0.3) is 0 Å². The van der Waals surface area contributed by atoms with Crippen molar-refractivity contribution >= 4 is 0 Å². The maximum absolute atomic E-state index is 5.63. The molecular weight excluding hydrogens is 280 g/mol. The number of hydrogen-bond acceptors (Lipinski definition) is 6. The van der Waals surface area contributed by atoms with Crippen molar-refractivity contribution in [1.29, 1.82) is 0 Å². The first-order valence-corrected chi connectivity index (χ1v) is 8.55. The lowest BCUT2D eigenvalue weighted by molar-refractivity contribution is 0.0359. The van der Waals surface area contributed by atoms with E-state index in [0.29, 0.717) is 12.0 Å². The first kappa shape index (κ1) is 15.9. The van der Waals surface area contributed by atoms with Crippen LogP contribution in [0.5, 0.6) is 0 Å². The van der Waals surface area contributed by atoms with E-state index in [4.69, 9.17) is 9.26 Å². The highest BCUT2D eigenvalue weighted by atomic mass is 16.5. The van der Waals surface area contributed by atoms with Crippen LogP contribution in [0.3, 0.4) is 0 Å². The van der Waals surface area contributed by atoms with E-state index in [0.717, 1.165) is 51.0 Å². The lowest BCUT2D eigenvalue weighted by Crippen LogP contribution is -2.48. The molecule has 1 saturated heterocycles. The summed E-state index contributed by atoms with van der Waals surface area (Å²) in [7, 11) is 0. The summed E-state index contributed by atoms with van der Waals surface area (Å²) in [4.78, 5) is 9.48. The molecule has 0 spiro atoms. The summed E-state index contributed by atoms with van der Waals surface area (Å²) >= 11 is 0. The van der Waals surface area contributed by atoms with E-state index < -0.39 is 0 Å². The summed E-state index contributed by atoms with van der Waals surface area (Å²) in [5, 5.41) is 4.13. The predicted octanol–water partition coefficient (Wildman–Crippen LogP) is 2.05. The van der Waals surface area contributed by atoms with E-state index in [-0.39, 0.29) is 6.04 Å². The lowest BCUT2D eigenvalue weighted by Gasteiger charge is -2.36. The van der Waals surface area contributed by atoms with Gasteiger partial charge >= 0.3 is 0 Å². The Morgan fingerprint density at radius 3 is 2.55 bits per heavy atom. The Morgan fingerprint density at radius 1 is 1.18 bits per heavy atom. The Kier molecular flexibility index (Phi) is 5.10. The van der Waals surface area contributed by atoms with Crippen LogP contribution in [0.1, 0.15) is 57.3 Å². The zero-order valence-electron chi connectivity index (χ0n) is 14.0. The van der Waals surface area contributed by atoms with Gasteiger partial charge in [0.25, 0.3) is 0 Å². The van der Waals surface area contributed by atoms with E-state index in [1.807, 2.05) is 0 Å². The van der Waals surface area contributed by atoms with Crippen molar-refractivity contribution < 1.29 is 9.26 Å². The molecule has 3 rings (SSSR count). The Bertz CT molecular complexity index is 464. The van der Waals surface area contributed by atoms with E-state index in [1.54, 1.807) is 0 Å². The Labute approximate surface area is 132 Å². The monoisotopic (exact) mass is 308 g/mol. The maximum atomic E-state index is 5.63. The topological polar surface area (TPSA) is 54.6 Å². The zero-order chi connectivity index (χ0) is 15.5. The van der Waals surface area contributed by atoms with Crippen molar-refractivity contribution in [3.63, 3.8) is 0 Å². The molecule has 6 heteroatoms. The molecule has 1 aliphatic carbocycles. The number of piperazine rings is 1. The van der Waals surface area contributed by atoms with Crippen molar-refractivity contribution in [1.82, 2.24) is 19.9 Å². The highest BCUT2D eigenvalue weighted by molar-refractivity contribution is 5.04. The van der Waals surface area contributed by atoms with Gasteiger partial charge in [-0.25, -0.2) is 0 Å². The number of nitrogens with zero attached hydrogens (tertiary/aromatic N) is 4. The molecule has 2 heterocycles.